The van der Waals surface area contributed by atoms with Crippen LogP contribution in [0.2, 0.25) is 0 Å². The Kier molecular flexibility index (Phi) is 4.34. The molecule has 0 unspecified atom stereocenters. The minimum Gasteiger partial charge on any atom is -0.322 e. The summed E-state index contributed by atoms with van der Waals surface area (Å²) in [5.41, 5.74) is 4.88. The molecule has 2 N–H and O–H groups in total. The van der Waals surface area contributed by atoms with E-state index in [1.165, 1.54) is 6.08 Å². The Balaban J connectivity index is 1.91. The van der Waals surface area contributed by atoms with Crippen LogP contribution in [0.1, 0.15) is 6.92 Å². The number of para-hydroxylation sites is 1. The van der Waals surface area contributed by atoms with Gasteiger partial charge in [0.25, 0.3) is 0 Å². The number of hydrogen-bond donors (Lipinski definition) is 2. The number of aromatic amines is 1. The van der Waals surface area contributed by atoms with Crippen LogP contribution >= 0.6 is 0 Å². The number of carbonyl (C=O) groups is 1. The van der Waals surface area contributed by atoms with Gasteiger partial charge in [0.15, 0.2) is 0 Å². The monoisotopic (exact) mass is 303 g/mol. The maximum atomic E-state index is 11.8. The Morgan fingerprint density at radius 1 is 1.04 bits per heavy atom. The molecule has 23 heavy (non-hydrogen) atoms. The predicted molar refractivity (Wildman–Crippen MR) is 92.9 cm³/mol. The van der Waals surface area contributed by atoms with Crippen LogP contribution in [-0.2, 0) is 4.79 Å². The number of nitrogens with one attached hydrogen (secondary N) is 2. The van der Waals surface area contributed by atoms with E-state index >= 15 is 0 Å². The molecule has 3 aromatic rings. The molecule has 3 rings (SSSR count). The van der Waals surface area contributed by atoms with Crippen LogP contribution in [0.25, 0.3) is 22.4 Å². The molecule has 1 amide bonds. The summed E-state index contributed by atoms with van der Waals surface area (Å²) < 4.78 is 0. The van der Waals surface area contributed by atoms with E-state index in [1.54, 1.807) is 12.3 Å². The zero-order valence-corrected chi connectivity index (χ0v) is 12.8. The number of H-pyrrole nitrogens is 1. The number of carbonyl (C=O) groups excluding carboxylic acids is 1. The Bertz CT molecular complexity index is 818. The molecule has 1 aromatic heterocycles. The number of hydrogen-bond acceptors (Lipinski definition) is 2. The van der Waals surface area contributed by atoms with Crippen molar-refractivity contribution < 1.29 is 4.79 Å². The van der Waals surface area contributed by atoms with Gasteiger partial charge in [-0.05, 0) is 36.3 Å². The molecular weight excluding hydrogens is 286 g/mol. The van der Waals surface area contributed by atoms with Gasteiger partial charge in [-0.1, -0.05) is 48.5 Å². The standard InChI is InChI=1S/C19H17N3O/c1-2-5-19(23)21-18-7-4-3-6-16(18)14-8-10-15(11-9-14)17-12-13-20-22-17/h2-13H,1H3,(H,20,22)(H,21,23)/b5-2+. The fourth-order valence-electron chi connectivity index (χ4n) is 2.42. The number of anilines is 1. The molecular formula is C19H17N3O. The van der Waals surface area contributed by atoms with Gasteiger partial charge in [0.05, 0.1) is 5.69 Å². The highest BCUT2D eigenvalue weighted by molar-refractivity contribution is 6.02. The summed E-state index contributed by atoms with van der Waals surface area (Å²) in [6, 6.07) is 17.8. The number of allylic oxidation sites excluding steroid dienone is 1. The van der Waals surface area contributed by atoms with Crippen LogP contribution in [0.15, 0.2) is 72.9 Å². The SMILES string of the molecule is C/C=C/C(=O)Nc1ccccc1-c1ccc(-c2ccn[nH]2)cc1. The molecule has 0 saturated carbocycles. The number of amides is 1. The minimum atomic E-state index is -0.131. The van der Waals surface area contributed by atoms with Gasteiger partial charge in [0.1, 0.15) is 0 Å². The first-order valence-electron chi connectivity index (χ1n) is 7.41. The first-order valence-corrected chi connectivity index (χ1v) is 7.41. The molecule has 0 atom stereocenters. The molecule has 4 heteroatoms. The fraction of sp³-hybridized carbons (Fsp3) is 0.0526. The second-order valence-corrected chi connectivity index (χ2v) is 5.08. The van der Waals surface area contributed by atoms with Crippen LogP contribution < -0.4 is 5.32 Å². The Morgan fingerprint density at radius 2 is 1.78 bits per heavy atom. The van der Waals surface area contributed by atoms with Crippen LogP contribution in [-0.4, -0.2) is 16.1 Å². The second-order valence-electron chi connectivity index (χ2n) is 5.08. The van der Waals surface area contributed by atoms with E-state index in [4.69, 9.17) is 0 Å². The van der Waals surface area contributed by atoms with E-state index in [2.05, 4.69) is 15.5 Å². The Morgan fingerprint density at radius 3 is 2.48 bits per heavy atom. The summed E-state index contributed by atoms with van der Waals surface area (Å²) in [6.07, 6.45) is 4.96. The van der Waals surface area contributed by atoms with Crippen molar-refractivity contribution in [1.29, 1.82) is 0 Å². The first-order chi connectivity index (χ1) is 11.3. The first kappa shape index (κ1) is 14.8. The van der Waals surface area contributed by atoms with Crippen molar-refractivity contribution in [3.8, 4) is 22.4 Å². The average Bonchev–Trinajstić information content (AvgIpc) is 3.10. The summed E-state index contributed by atoms with van der Waals surface area (Å²) in [4.78, 5) is 11.8. The molecule has 0 radical (unpaired) electrons. The summed E-state index contributed by atoms with van der Waals surface area (Å²) >= 11 is 0. The van der Waals surface area contributed by atoms with Crippen molar-refractivity contribution >= 4 is 11.6 Å². The van der Waals surface area contributed by atoms with Crippen molar-refractivity contribution in [1.82, 2.24) is 10.2 Å². The van der Waals surface area contributed by atoms with Gasteiger partial charge >= 0.3 is 0 Å². The summed E-state index contributed by atoms with van der Waals surface area (Å²) in [6.45, 7) is 1.82. The molecule has 0 aliphatic rings. The van der Waals surface area contributed by atoms with Gasteiger partial charge in [-0.25, -0.2) is 0 Å². The van der Waals surface area contributed by atoms with E-state index in [0.717, 1.165) is 28.1 Å². The Hall–Kier alpha value is -3.14. The van der Waals surface area contributed by atoms with E-state index in [0.29, 0.717) is 0 Å². The summed E-state index contributed by atoms with van der Waals surface area (Å²) in [5.74, 6) is -0.131. The van der Waals surface area contributed by atoms with Crippen molar-refractivity contribution in [2.24, 2.45) is 0 Å². The maximum absolute atomic E-state index is 11.8. The predicted octanol–water partition coefficient (Wildman–Crippen LogP) is 4.26. The lowest BCUT2D eigenvalue weighted by Gasteiger charge is -2.10. The topological polar surface area (TPSA) is 57.8 Å². The minimum absolute atomic E-state index is 0.131. The highest BCUT2D eigenvalue weighted by Gasteiger charge is 2.07. The van der Waals surface area contributed by atoms with Crippen LogP contribution in [0, 0.1) is 0 Å². The third-order valence-corrected chi connectivity index (χ3v) is 3.51. The van der Waals surface area contributed by atoms with Gasteiger partial charge in [-0.3, -0.25) is 9.89 Å². The highest BCUT2D eigenvalue weighted by Crippen LogP contribution is 2.29. The van der Waals surface area contributed by atoms with Gasteiger partial charge < -0.3 is 5.32 Å². The lowest BCUT2D eigenvalue weighted by Crippen LogP contribution is -2.08. The molecule has 0 spiro atoms. The molecule has 0 fully saturated rings. The third kappa shape index (κ3) is 3.37. The molecule has 1 heterocycles. The van der Waals surface area contributed by atoms with E-state index < -0.39 is 0 Å². The van der Waals surface area contributed by atoms with E-state index in [1.807, 2.05) is 61.5 Å². The molecule has 0 bridgehead atoms. The van der Waals surface area contributed by atoms with Crippen molar-refractivity contribution in [3.63, 3.8) is 0 Å². The lowest BCUT2D eigenvalue weighted by molar-refractivity contribution is -0.111. The van der Waals surface area contributed by atoms with Crippen molar-refractivity contribution in [2.45, 2.75) is 6.92 Å². The molecule has 0 saturated heterocycles. The van der Waals surface area contributed by atoms with Crippen LogP contribution in [0.5, 0.6) is 0 Å². The van der Waals surface area contributed by atoms with Gasteiger partial charge in [-0.2, -0.15) is 5.10 Å². The smallest absolute Gasteiger partial charge is 0.248 e. The second kappa shape index (κ2) is 6.75. The molecule has 0 aliphatic carbocycles. The maximum Gasteiger partial charge on any atom is 0.248 e. The molecule has 0 aliphatic heterocycles. The zero-order valence-electron chi connectivity index (χ0n) is 12.8. The Labute approximate surface area is 134 Å². The summed E-state index contributed by atoms with van der Waals surface area (Å²) in [7, 11) is 0. The molecule has 2 aromatic carbocycles. The van der Waals surface area contributed by atoms with Gasteiger partial charge in [-0.15, -0.1) is 0 Å². The fourth-order valence-corrected chi connectivity index (χ4v) is 2.42. The number of rotatable bonds is 4. The quantitative estimate of drug-likeness (QED) is 0.708. The van der Waals surface area contributed by atoms with Crippen molar-refractivity contribution in [2.75, 3.05) is 5.32 Å². The number of benzene rings is 2. The van der Waals surface area contributed by atoms with E-state index in [9.17, 15) is 4.79 Å². The zero-order chi connectivity index (χ0) is 16.1. The third-order valence-electron chi connectivity index (χ3n) is 3.51. The molecule has 4 nitrogen and oxygen atoms in total. The van der Waals surface area contributed by atoms with E-state index in [-0.39, 0.29) is 5.91 Å². The normalized spacial score (nSPS) is 10.8. The van der Waals surface area contributed by atoms with Crippen molar-refractivity contribution in [3.05, 3.63) is 72.9 Å². The summed E-state index contributed by atoms with van der Waals surface area (Å²) in [5, 5.41) is 9.82. The largest absolute Gasteiger partial charge is 0.322 e. The number of aromatic nitrogens is 2. The molecule has 114 valence electrons. The highest BCUT2D eigenvalue weighted by atomic mass is 16.1. The van der Waals surface area contributed by atoms with Gasteiger partial charge in [0.2, 0.25) is 5.91 Å². The lowest BCUT2D eigenvalue weighted by atomic mass is 10.0. The van der Waals surface area contributed by atoms with Crippen LogP contribution in [0.4, 0.5) is 5.69 Å². The van der Waals surface area contributed by atoms with Gasteiger partial charge in [0, 0.05) is 17.4 Å². The van der Waals surface area contributed by atoms with Crippen LogP contribution in [0.3, 0.4) is 0 Å². The average molecular weight is 303 g/mol. The number of nitrogens with zero attached hydrogens (tertiary/aromatic N) is 1.